The summed E-state index contributed by atoms with van der Waals surface area (Å²) < 4.78 is 6.41. The lowest BCUT2D eigenvalue weighted by Gasteiger charge is -2.34. The molecular formula is C17H20BrClN4O2. The fourth-order valence-corrected chi connectivity index (χ4v) is 3.64. The molecule has 1 saturated heterocycles. The van der Waals surface area contributed by atoms with Crippen molar-refractivity contribution >= 4 is 34.2 Å². The van der Waals surface area contributed by atoms with Crippen LogP contribution in [0.5, 0.6) is 0 Å². The molecule has 1 aliphatic heterocycles. The van der Waals surface area contributed by atoms with Crippen LogP contribution in [0.1, 0.15) is 60.2 Å². The number of halogens is 2. The summed E-state index contributed by atoms with van der Waals surface area (Å²) in [5, 5.41) is 4.08. The second-order valence-corrected chi connectivity index (χ2v) is 7.55. The van der Waals surface area contributed by atoms with Crippen molar-refractivity contribution in [1.82, 2.24) is 15.0 Å². The molecule has 0 radical (unpaired) electrons. The lowest BCUT2D eigenvalue weighted by Crippen LogP contribution is -2.44. The third-order valence-corrected chi connectivity index (χ3v) is 5.55. The number of hydrogen-bond acceptors (Lipinski definition) is 5. The molecule has 2 fully saturated rings. The Labute approximate surface area is 160 Å². The van der Waals surface area contributed by atoms with Crippen LogP contribution in [0.2, 0.25) is 0 Å². The monoisotopic (exact) mass is 426 g/mol. The summed E-state index contributed by atoms with van der Waals surface area (Å²) in [6.07, 6.45) is 4.63. The number of likely N-dealkylation sites (tertiary alicyclic amines) is 1. The van der Waals surface area contributed by atoms with Gasteiger partial charge in [0, 0.05) is 16.6 Å². The summed E-state index contributed by atoms with van der Waals surface area (Å²) in [6, 6.07) is 7.23. The van der Waals surface area contributed by atoms with Crippen molar-refractivity contribution in [3.8, 4) is 0 Å². The standard InChI is InChI=1S/C17H19BrN4O2.ClH/c18-12-6-4-11(5-7-12)15(23)22-10-1-3-13(22)14-20-16(21-24-14)17(19)8-2-9-17;/h4-7,13H,1-3,8-10,19H2;1H. The summed E-state index contributed by atoms with van der Waals surface area (Å²) in [4.78, 5) is 19.2. The van der Waals surface area contributed by atoms with Crippen molar-refractivity contribution in [3.63, 3.8) is 0 Å². The highest BCUT2D eigenvalue weighted by Crippen LogP contribution is 2.39. The maximum atomic E-state index is 12.8. The number of benzene rings is 1. The van der Waals surface area contributed by atoms with Crippen LogP contribution >= 0.6 is 28.3 Å². The summed E-state index contributed by atoms with van der Waals surface area (Å²) in [7, 11) is 0. The first-order valence-electron chi connectivity index (χ1n) is 8.26. The predicted octanol–water partition coefficient (Wildman–Crippen LogP) is 3.57. The van der Waals surface area contributed by atoms with Gasteiger partial charge in [-0.25, -0.2) is 0 Å². The van der Waals surface area contributed by atoms with E-state index in [0.717, 1.165) is 36.6 Å². The maximum Gasteiger partial charge on any atom is 0.254 e. The fourth-order valence-electron chi connectivity index (χ4n) is 3.38. The van der Waals surface area contributed by atoms with Gasteiger partial charge in [0.1, 0.15) is 6.04 Å². The Hall–Kier alpha value is -1.44. The first-order valence-corrected chi connectivity index (χ1v) is 9.06. The highest BCUT2D eigenvalue weighted by molar-refractivity contribution is 9.10. The van der Waals surface area contributed by atoms with E-state index in [1.165, 1.54) is 0 Å². The topological polar surface area (TPSA) is 85.2 Å². The Bertz CT molecular complexity index is 760. The van der Waals surface area contributed by atoms with Crippen molar-refractivity contribution in [2.75, 3.05) is 6.54 Å². The van der Waals surface area contributed by atoms with Crippen LogP contribution in [-0.2, 0) is 5.54 Å². The zero-order valence-electron chi connectivity index (χ0n) is 13.7. The van der Waals surface area contributed by atoms with Crippen molar-refractivity contribution in [1.29, 1.82) is 0 Å². The number of carbonyl (C=O) groups excluding carboxylic acids is 1. The summed E-state index contributed by atoms with van der Waals surface area (Å²) >= 11 is 3.39. The minimum absolute atomic E-state index is 0. The molecule has 2 N–H and O–H groups in total. The van der Waals surface area contributed by atoms with Gasteiger partial charge < -0.3 is 15.2 Å². The van der Waals surface area contributed by atoms with Crippen LogP contribution in [0.3, 0.4) is 0 Å². The molecule has 1 saturated carbocycles. The zero-order chi connectivity index (χ0) is 16.7. The normalized spacial score (nSPS) is 21.5. The van der Waals surface area contributed by atoms with Crippen LogP contribution < -0.4 is 5.73 Å². The van der Waals surface area contributed by atoms with Crippen LogP contribution in [0.25, 0.3) is 0 Å². The Morgan fingerprint density at radius 3 is 2.64 bits per heavy atom. The number of amides is 1. The average molecular weight is 428 g/mol. The second kappa shape index (κ2) is 7.05. The number of aromatic nitrogens is 2. The van der Waals surface area contributed by atoms with E-state index in [0.29, 0.717) is 23.8 Å². The minimum atomic E-state index is -0.444. The number of nitrogens with two attached hydrogens (primary N) is 1. The Balaban J connectivity index is 0.00000182. The van der Waals surface area contributed by atoms with Crippen LogP contribution in [0, 0.1) is 0 Å². The molecule has 1 atom stereocenters. The molecule has 8 heteroatoms. The third-order valence-electron chi connectivity index (χ3n) is 5.02. The molecule has 1 aliphatic carbocycles. The van der Waals surface area contributed by atoms with E-state index in [4.69, 9.17) is 10.3 Å². The van der Waals surface area contributed by atoms with Gasteiger partial charge in [0.25, 0.3) is 5.91 Å². The van der Waals surface area contributed by atoms with Gasteiger partial charge in [-0.2, -0.15) is 4.98 Å². The van der Waals surface area contributed by atoms with Gasteiger partial charge in [-0.05, 0) is 56.4 Å². The molecule has 1 aromatic heterocycles. The molecule has 2 heterocycles. The van der Waals surface area contributed by atoms with Gasteiger partial charge in [-0.3, -0.25) is 4.79 Å². The first-order chi connectivity index (χ1) is 11.6. The number of nitrogens with zero attached hydrogens (tertiary/aromatic N) is 3. The van der Waals surface area contributed by atoms with E-state index in [-0.39, 0.29) is 24.4 Å². The zero-order valence-corrected chi connectivity index (χ0v) is 16.1. The number of carbonyl (C=O) groups is 1. The van der Waals surface area contributed by atoms with Gasteiger partial charge in [0.2, 0.25) is 5.89 Å². The Morgan fingerprint density at radius 1 is 1.28 bits per heavy atom. The highest BCUT2D eigenvalue weighted by atomic mass is 79.9. The first kappa shape index (κ1) is 18.4. The highest BCUT2D eigenvalue weighted by Gasteiger charge is 2.41. The molecule has 1 amide bonds. The summed E-state index contributed by atoms with van der Waals surface area (Å²) in [6.45, 7) is 0.699. The lowest BCUT2D eigenvalue weighted by atomic mass is 9.77. The second-order valence-electron chi connectivity index (χ2n) is 6.63. The molecule has 6 nitrogen and oxygen atoms in total. The van der Waals surface area contributed by atoms with E-state index in [1.54, 1.807) is 0 Å². The van der Waals surface area contributed by atoms with Gasteiger partial charge in [-0.1, -0.05) is 21.1 Å². The quantitative estimate of drug-likeness (QED) is 0.809. The molecule has 25 heavy (non-hydrogen) atoms. The van der Waals surface area contributed by atoms with E-state index >= 15 is 0 Å². The molecule has 0 spiro atoms. The van der Waals surface area contributed by atoms with Crippen LogP contribution in [0.15, 0.2) is 33.3 Å². The molecule has 0 bridgehead atoms. The summed E-state index contributed by atoms with van der Waals surface area (Å²) in [5.74, 6) is 1.08. The Morgan fingerprint density at radius 2 is 2.00 bits per heavy atom. The van der Waals surface area contributed by atoms with E-state index in [1.807, 2.05) is 29.2 Å². The molecule has 134 valence electrons. The van der Waals surface area contributed by atoms with Crippen LogP contribution in [-0.4, -0.2) is 27.5 Å². The minimum Gasteiger partial charge on any atom is -0.337 e. The summed E-state index contributed by atoms with van der Waals surface area (Å²) in [5.41, 5.74) is 6.49. The smallest absolute Gasteiger partial charge is 0.254 e. The van der Waals surface area contributed by atoms with Crippen molar-refractivity contribution in [2.45, 2.75) is 43.7 Å². The largest absolute Gasteiger partial charge is 0.337 e. The number of hydrogen-bond donors (Lipinski definition) is 1. The fraction of sp³-hybridized carbons (Fsp3) is 0.471. The average Bonchev–Trinajstić information content (AvgIpc) is 3.21. The molecule has 1 unspecified atom stereocenters. The number of rotatable bonds is 3. The SMILES string of the molecule is Cl.NC1(c2noc(C3CCCN3C(=O)c3ccc(Br)cc3)n2)CCC1. The van der Waals surface area contributed by atoms with Crippen molar-refractivity contribution < 1.29 is 9.32 Å². The molecule has 2 aromatic rings. The predicted molar refractivity (Wildman–Crippen MR) is 98.4 cm³/mol. The maximum absolute atomic E-state index is 12.8. The molecular weight excluding hydrogens is 408 g/mol. The van der Waals surface area contributed by atoms with Gasteiger partial charge in [-0.15, -0.1) is 12.4 Å². The van der Waals surface area contributed by atoms with Gasteiger partial charge >= 0.3 is 0 Å². The lowest BCUT2D eigenvalue weighted by molar-refractivity contribution is 0.0710. The molecule has 4 rings (SSSR count). The van der Waals surface area contributed by atoms with Crippen molar-refractivity contribution in [2.24, 2.45) is 5.73 Å². The third kappa shape index (κ3) is 3.32. The van der Waals surface area contributed by atoms with Crippen molar-refractivity contribution in [3.05, 3.63) is 46.0 Å². The van der Waals surface area contributed by atoms with Crippen LogP contribution in [0.4, 0.5) is 0 Å². The van der Waals surface area contributed by atoms with E-state index < -0.39 is 5.54 Å². The molecule has 1 aromatic carbocycles. The molecule has 2 aliphatic rings. The van der Waals surface area contributed by atoms with Gasteiger partial charge in [0.05, 0.1) is 5.54 Å². The van der Waals surface area contributed by atoms with E-state index in [2.05, 4.69) is 26.1 Å². The van der Waals surface area contributed by atoms with Gasteiger partial charge in [0.15, 0.2) is 5.82 Å². The van der Waals surface area contributed by atoms with E-state index in [9.17, 15) is 4.79 Å². The Kier molecular flexibility index (Phi) is 5.18.